The van der Waals surface area contributed by atoms with E-state index in [-0.39, 0.29) is 18.2 Å². The van der Waals surface area contributed by atoms with Crippen molar-refractivity contribution in [3.63, 3.8) is 0 Å². The fourth-order valence-electron chi connectivity index (χ4n) is 3.17. The van der Waals surface area contributed by atoms with E-state index in [1.807, 2.05) is 24.3 Å². The van der Waals surface area contributed by atoms with Crippen molar-refractivity contribution in [3.05, 3.63) is 51.9 Å². The van der Waals surface area contributed by atoms with Crippen molar-refractivity contribution in [2.75, 3.05) is 13.2 Å². The van der Waals surface area contributed by atoms with Crippen molar-refractivity contribution in [2.24, 2.45) is 7.05 Å². The van der Waals surface area contributed by atoms with Gasteiger partial charge in [-0.3, -0.25) is 9.35 Å². The SMILES string of the molecule is Cc1cc(-c2cc(CNS(=O)O)ccc2OC2CCCOC2)cn(C)c1=O. The molecule has 0 saturated carbocycles. The molecule has 2 unspecified atom stereocenters. The second-order valence-electron chi connectivity index (χ2n) is 6.69. The highest BCUT2D eigenvalue weighted by molar-refractivity contribution is 7.77. The average Bonchev–Trinajstić information content (AvgIpc) is 2.65. The van der Waals surface area contributed by atoms with Crippen LogP contribution in [-0.4, -0.2) is 32.6 Å². The first-order valence-corrected chi connectivity index (χ1v) is 9.94. The molecule has 1 aliphatic heterocycles. The Kier molecular flexibility index (Phi) is 6.43. The minimum atomic E-state index is -2.08. The van der Waals surface area contributed by atoms with Crippen molar-refractivity contribution >= 4 is 11.3 Å². The van der Waals surface area contributed by atoms with Gasteiger partial charge in [0.05, 0.1) is 6.61 Å². The Morgan fingerprint density at radius 3 is 2.89 bits per heavy atom. The molecule has 7 nitrogen and oxygen atoms in total. The van der Waals surface area contributed by atoms with Gasteiger partial charge in [0.1, 0.15) is 11.9 Å². The lowest BCUT2D eigenvalue weighted by atomic mass is 10.0. The van der Waals surface area contributed by atoms with E-state index in [0.29, 0.717) is 17.9 Å². The predicted octanol–water partition coefficient (Wildman–Crippen LogP) is 2.14. The molecule has 1 saturated heterocycles. The number of ether oxygens (including phenoxy) is 2. The Balaban J connectivity index is 1.99. The van der Waals surface area contributed by atoms with Crippen LogP contribution >= 0.6 is 0 Å². The molecule has 27 heavy (non-hydrogen) atoms. The van der Waals surface area contributed by atoms with Crippen LogP contribution in [0.5, 0.6) is 5.75 Å². The molecule has 0 radical (unpaired) electrons. The van der Waals surface area contributed by atoms with Gasteiger partial charge in [-0.2, -0.15) is 0 Å². The number of benzene rings is 1. The van der Waals surface area contributed by atoms with E-state index < -0.39 is 11.3 Å². The molecule has 3 rings (SSSR count). The molecule has 0 bridgehead atoms. The molecule has 1 aromatic carbocycles. The summed E-state index contributed by atoms with van der Waals surface area (Å²) in [6.45, 7) is 3.34. The van der Waals surface area contributed by atoms with Crippen LogP contribution in [0.4, 0.5) is 0 Å². The first kappa shape index (κ1) is 19.8. The summed E-state index contributed by atoms with van der Waals surface area (Å²) in [4.78, 5) is 12.0. The van der Waals surface area contributed by atoms with Crippen LogP contribution in [0.1, 0.15) is 24.0 Å². The third-order valence-electron chi connectivity index (χ3n) is 4.53. The first-order valence-electron chi connectivity index (χ1n) is 8.83. The molecular weight excluding hydrogens is 368 g/mol. The average molecular weight is 392 g/mol. The van der Waals surface area contributed by atoms with E-state index in [1.54, 1.807) is 24.7 Å². The van der Waals surface area contributed by atoms with Crippen LogP contribution in [0, 0.1) is 6.92 Å². The Morgan fingerprint density at radius 2 is 2.22 bits per heavy atom. The van der Waals surface area contributed by atoms with Crippen molar-refractivity contribution in [2.45, 2.75) is 32.4 Å². The highest BCUT2D eigenvalue weighted by Gasteiger charge is 2.18. The zero-order valence-electron chi connectivity index (χ0n) is 15.4. The molecule has 1 aliphatic rings. The number of hydrogen-bond acceptors (Lipinski definition) is 4. The predicted molar refractivity (Wildman–Crippen MR) is 104 cm³/mol. The van der Waals surface area contributed by atoms with Gasteiger partial charge in [-0.1, -0.05) is 6.07 Å². The number of nitrogens with one attached hydrogen (secondary N) is 1. The molecule has 2 atom stereocenters. The first-order chi connectivity index (χ1) is 12.9. The maximum Gasteiger partial charge on any atom is 0.253 e. The molecule has 0 spiro atoms. The monoisotopic (exact) mass is 392 g/mol. The summed E-state index contributed by atoms with van der Waals surface area (Å²) >= 11 is -2.08. The van der Waals surface area contributed by atoms with E-state index in [4.69, 9.17) is 14.0 Å². The molecule has 2 heterocycles. The number of rotatable bonds is 6. The fraction of sp³-hybridized carbons (Fsp3) is 0.421. The molecule has 1 fully saturated rings. The standard InChI is InChI=1S/C19H24N2O5S/c1-13-8-15(11-21(2)19(13)22)17-9-14(10-20-27(23)24)5-6-18(17)26-16-4-3-7-25-12-16/h5-6,8-9,11,16,20H,3-4,7,10,12H2,1-2H3,(H,23,24). The second kappa shape index (κ2) is 8.79. The number of hydrogen-bond donors (Lipinski definition) is 2. The summed E-state index contributed by atoms with van der Waals surface area (Å²) in [6, 6.07) is 7.47. The minimum absolute atomic E-state index is 0.0138. The third kappa shape index (κ3) is 5.04. The number of pyridine rings is 1. The van der Waals surface area contributed by atoms with Crippen LogP contribution in [-0.2, 0) is 29.6 Å². The quantitative estimate of drug-likeness (QED) is 0.735. The zero-order chi connectivity index (χ0) is 19.4. The van der Waals surface area contributed by atoms with Gasteiger partial charge in [0, 0.05) is 43.1 Å². The lowest BCUT2D eigenvalue weighted by Gasteiger charge is -2.25. The van der Waals surface area contributed by atoms with E-state index in [1.165, 1.54) is 0 Å². The molecule has 146 valence electrons. The van der Waals surface area contributed by atoms with Gasteiger partial charge in [0.15, 0.2) is 0 Å². The van der Waals surface area contributed by atoms with Gasteiger partial charge >= 0.3 is 0 Å². The summed E-state index contributed by atoms with van der Waals surface area (Å²) < 4.78 is 35.6. The summed E-state index contributed by atoms with van der Waals surface area (Å²) in [6.07, 6.45) is 3.65. The summed E-state index contributed by atoms with van der Waals surface area (Å²) in [5.41, 5.74) is 3.12. The van der Waals surface area contributed by atoms with Crippen molar-refractivity contribution in [3.8, 4) is 16.9 Å². The Bertz CT molecular complexity index is 864. The van der Waals surface area contributed by atoms with Gasteiger partial charge in [-0.15, -0.1) is 0 Å². The van der Waals surface area contributed by atoms with Gasteiger partial charge < -0.3 is 14.0 Å². The Morgan fingerprint density at radius 1 is 1.41 bits per heavy atom. The maximum absolute atomic E-state index is 12.0. The molecule has 2 N–H and O–H groups in total. The number of aryl methyl sites for hydroxylation is 2. The summed E-state index contributed by atoms with van der Waals surface area (Å²) in [5, 5.41) is 0. The van der Waals surface area contributed by atoms with Crippen LogP contribution in [0.25, 0.3) is 11.1 Å². The van der Waals surface area contributed by atoms with E-state index >= 15 is 0 Å². The normalized spacial score (nSPS) is 18.3. The minimum Gasteiger partial charge on any atom is -0.487 e. The van der Waals surface area contributed by atoms with E-state index in [2.05, 4.69) is 4.72 Å². The largest absolute Gasteiger partial charge is 0.487 e. The smallest absolute Gasteiger partial charge is 0.253 e. The van der Waals surface area contributed by atoms with Gasteiger partial charge in [-0.05, 0) is 43.5 Å². The molecule has 2 aromatic rings. The topological polar surface area (TPSA) is 89.8 Å². The van der Waals surface area contributed by atoms with Crippen LogP contribution in [0.3, 0.4) is 0 Å². The van der Waals surface area contributed by atoms with Crippen LogP contribution < -0.4 is 15.0 Å². The number of nitrogens with zero attached hydrogens (tertiary/aromatic N) is 1. The second-order valence-corrected chi connectivity index (χ2v) is 7.47. The Hall–Kier alpha value is -2.00. The van der Waals surface area contributed by atoms with E-state index in [0.717, 1.165) is 36.1 Å². The maximum atomic E-state index is 12.0. The lowest BCUT2D eigenvalue weighted by Crippen LogP contribution is -2.28. The molecule has 1 aromatic heterocycles. The van der Waals surface area contributed by atoms with Gasteiger partial charge in [-0.25, -0.2) is 8.93 Å². The van der Waals surface area contributed by atoms with Crippen molar-refractivity contribution in [1.82, 2.24) is 9.29 Å². The highest BCUT2D eigenvalue weighted by atomic mass is 32.2. The zero-order valence-corrected chi connectivity index (χ0v) is 16.3. The third-order valence-corrected chi connectivity index (χ3v) is 4.92. The van der Waals surface area contributed by atoms with Crippen LogP contribution in [0.2, 0.25) is 0 Å². The lowest BCUT2D eigenvalue weighted by molar-refractivity contribution is 0.00767. The molecule has 8 heteroatoms. The fourth-order valence-corrected chi connectivity index (χ4v) is 3.46. The molecular formula is C19H24N2O5S. The van der Waals surface area contributed by atoms with Crippen molar-refractivity contribution < 1.29 is 18.2 Å². The molecule has 0 amide bonds. The van der Waals surface area contributed by atoms with Gasteiger partial charge in [0.2, 0.25) is 11.3 Å². The molecule has 0 aliphatic carbocycles. The number of aromatic nitrogens is 1. The summed E-state index contributed by atoms with van der Waals surface area (Å²) in [7, 11) is 1.72. The summed E-state index contributed by atoms with van der Waals surface area (Å²) in [5.74, 6) is 0.706. The van der Waals surface area contributed by atoms with Gasteiger partial charge in [0.25, 0.3) is 5.56 Å². The van der Waals surface area contributed by atoms with Crippen LogP contribution in [0.15, 0.2) is 35.3 Å². The highest BCUT2D eigenvalue weighted by Crippen LogP contribution is 2.32. The van der Waals surface area contributed by atoms with E-state index in [9.17, 15) is 9.00 Å². The Labute approximate surface area is 160 Å². The van der Waals surface area contributed by atoms with Crippen molar-refractivity contribution in [1.29, 1.82) is 0 Å².